The summed E-state index contributed by atoms with van der Waals surface area (Å²) in [4.78, 5) is 30.0. The van der Waals surface area contributed by atoms with Crippen molar-refractivity contribution in [3.63, 3.8) is 0 Å². The Kier molecular flexibility index (Phi) is 8.48. The van der Waals surface area contributed by atoms with E-state index in [2.05, 4.69) is 45.4 Å². The van der Waals surface area contributed by atoms with E-state index in [1.165, 1.54) is 35.1 Å². The monoisotopic (exact) mass is 501 g/mol. The number of aldehydes is 1. The van der Waals surface area contributed by atoms with Gasteiger partial charge in [-0.15, -0.1) is 24.2 Å². The highest BCUT2D eigenvalue weighted by Gasteiger charge is 2.40. The van der Waals surface area contributed by atoms with Crippen LogP contribution < -0.4 is 20.9 Å². The zero-order valence-corrected chi connectivity index (χ0v) is 20.6. The van der Waals surface area contributed by atoms with Crippen molar-refractivity contribution in [1.82, 2.24) is 15.3 Å². The van der Waals surface area contributed by atoms with Crippen molar-refractivity contribution >= 4 is 42.2 Å². The number of thiol groups is 1. The first-order chi connectivity index (χ1) is 16.4. The van der Waals surface area contributed by atoms with Crippen molar-refractivity contribution < 1.29 is 19.1 Å². The Balaban J connectivity index is 0.000000183. The average molecular weight is 502 g/mol. The maximum absolute atomic E-state index is 10.9. The topological polar surface area (TPSA) is 142 Å². The molecule has 9 nitrogen and oxygen atoms in total. The molecule has 5 rings (SSSR count). The Morgan fingerprint density at radius 1 is 1.26 bits per heavy atom. The molecule has 3 aromatic rings. The van der Waals surface area contributed by atoms with Crippen LogP contribution in [0.2, 0.25) is 0 Å². The van der Waals surface area contributed by atoms with Crippen LogP contribution in [-0.2, 0) is 23.2 Å². The summed E-state index contributed by atoms with van der Waals surface area (Å²) in [6, 6.07) is 8.19. The van der Waals surface area contributed by atoms with Gasteiger partial charge in [0, 0.05) is 29.7 Å². The quantitative estimate of drug-likeness (QED) is 0.242. The number of benzene rings is 1. The van der Waals surface area contributed by atoms with Gasteiger partial charge in [-0.2, -0.15) is 0 Å². The van der Waals surface area contributed by atoms with Gasteiger partial charge in [-0.25, -0.2) is 14.8 Å². The van der Waals surface area contributed by atoms with Crippen LogP contribution in [0.1, 0.15) is 39.2 Å². The molecule has 1 amide bonds. The molecule has 2 aliphatic rings. The van der Waals surface area contributed by atoms with Crippen molar-refractivity contribution in [3.05, 3.63) is 57.7 Å². The first kappa shape index (κ1) is 25.5. The minimum absolute atomic E-state index is 0.387. The van der Waals surface area contributed by atoms with Gasteiger partial charge in [-0.1, -0.05) is 12.1 Å². The number of hydrogen-bond donors (Lipinski definition) is 4. The highest BCUT2D eigenvalue weighted by atomic mass is 32.1. The molecule has 1 aliphatic carbocycles. The zero-order chi connectivity index (χ0) is 24.7. The molecule has 1 aliphatic heterocycles. The smallest absolute Gasteiger partial charge is 0.408 e. The van der Waals surface area contributed by atoms with Crippen LogP contribution in [0, 0.1) is 0 Å². The van der Waals surface area contributed by atoms with Crippen LogP contribution in [0.4, 0.5) is 10.5 Å². The summed E-state index contributed by atoms with van der Waals surface area (Å²) in [5.74, 6) is 0.618. The van der Waals surface area contributed by atoms with Crippen molar-refractivity contribution in [2.24, 2.45) is 5.14 Å². The third-order valence-corrected chi connectivity index (χ3v) is 6.73. The van der Waals surface area contributed by atoms with Gasteiger partial charge in [-0.05, 0) is 48.9 Å². The second-order valence-electron chi connectivity index (χ2n) is 7.76. The van der Waals surface area contributed by atoms with E-state index in [9.17, 15) is 9.59 Å². The van der Waals surface area contributed by atoms with Gasteiger partial charge >= 0.3 is 6.09 Å². The average Bonchev–Trinajstić information content (AvgIpc) is 3.62. The van der Waals surface area contributed by atoms with Crippen LogP contribution in [0.3, 0.4) is 0 Å². The summed E-state index contributed by atoms with van der Waals surface area (Å²) in [6.45, 7) is 2.15. The lowest BCUT2D eigenvalue weighted by atomic mass is 9.98. The molecular weight excluding hydrogens is 474 g/mol. The highest BCUT2D eigenvalue weighted by molar-refractivity contribution is 7.77. The molecule has 0 bridgehead atoms. The fourth-order valence-corrected chi connectivity index (χ4v) is 4.67. The molecule has 3 heterocycles. The van der Waals surface area contributed by atoms with Gasteiger partial charge in [0.1, 0.15) is 5.01 Å². The Morgan fingerprint density at radius 2 is 2.06 bits per heavy atom. The van der Waals surface area contributed by atoms with E-state index in [1.807, 2.05) is 12.1 Å². The molecule has 0 saturated carbocycles. The van der Waals surface area contributed by atoms with Gasteiger partial charge in [0.05, 0.1) is 18.5 Å². The molecule has 5 N–H and O–H groups in total. The van der Waals surface area contributed by atoms with E-state index in [0.29, 0.717) is 22.3 Å². The summed E-state index contributed by atoms with van der Waals surface area (Å²) < 4.78 is 10.2. The fraction of sp³-hybridized carbons (Fsp3) is 0.304. The summed E-state index contributed by atoms with van der Waals surface area (Å²) >= 11 is 4.26. The predicted octanol–water partition coefficient (Wildman–Crippen LogP) is 3.53. The number of ether oxygens (including phenoxy) is 2. The molecule has 1 aromatic carbocycles. The number of anilines is 1. The number of nitrogen functional groups attached to an aromatic ring is 1. The number of cyclic esters (lactones) is 1. The maximum atomic E-state index is 10.9. The fourth-order valence-electron chi connectivity index (χ4n) is 3.86. The van der Waals surface area contributed by atoms with E-state index >= 15 is 0 Å². The number of nitrogens with one attached hydrogen (secondary N) is 1. The number of carbonyl (C=O) groups is 2. The minimum atomic E-state index is -0.733. The van der Waals surface area contributed by atoms with Gasteiger partial charge in [0.25, 0.3) is 0 Å². The molecule has 2 aromatic heterocycles. The highest BCUT2D eigenvalue weighted by Crippen LogP contribution is 2.36. The van der Waals surface area contributed by atoms with E-state index in [0.717, 1.165) is 35.9 Å². The summed E-state index contributed by atoms with van der Waals surface area (Å²) in [6.07, 6.45) is 6.97. The number of thiazole rings is 1. The number of pyridine rings is 1. The number of nitrogens with two attached hydrogens (primary N) is 2. The van der Waals surface area contributed by atoms with Gasteiger partial charge < -0.3 is 20.5 Å². The van der Waals surface area contributed by atoms with E-state index < -0.39 is 11.7 Å². The van der Waals surface area contributed by atoms with E-state index in [1.54, 1.807) is 20.2 Å². The van der Waals surface area contributed by atoms with Gasteiger partial charge in [0.2, 0.25) is 5.88 Å². The number of rotatable bonds is 4. The third-order valence-electron chi connectivity index (χ3n) is 5.56. The lowest BCUT2D eigenvalue weighted by Gasteiger charge is -2.17. The number of fused-ring (bicyclic) bond motifs is 1. The molecule has 180 valence electrons. The Bertz CT molecular complexity index is 1170. The van der Waals surface area contributed by atoms with Crippen molar-refractivity contribution in [2.45, 2.75) is 31.8 Å². The first-order valence-electron chi connectivity index (χ1n) is 10.5. The lowest BCUT2D eigenvalue weighted by Crippen LogP contribution is -2.25. The zero-order valence-electron chi connectivity index (χ0n) is 18.9. The van der Waals surface area contributed by atoms with Crippen molar-refractivity contribution in [2.75, 3.05) is 19.4 Å². The van der Waals surface area contributed by atoms with Crippen molar-refractivity contribution in [1.29, 1.82) is 0 Å². The molecule has 1 unspecified atom stereocenters. The van der Waals surface area contributed by atoms with Crippen molar-refractivity contribution in [3.8, 4) is 17.0 Å². The number of nitrogens with zero attached hydrogens (tertiary/aromatic N) is 2. The number of alkyl carbamates (subject to hydrolysis) is 1. The molecule has 1 atom stereocenters. The SMILES string of the molecule is CC1(c2ncc(C=O)s2)CNC(=O)O1.COc1cc(-c2ccc3c(c2N)CCC3)ccn1.NS. The van der Waals surface area contributed by atoms with Crippen LogP contribution in [0.5, 0.6) is 5.88 Å². The van der Waals surface area contributed by atoms with Crippen LogP contribution >= 0.6 is 24.2 Å². The number of aromatic nitrogens is 2. The summed E-state index contributed by atoms with van der Waals surface area (Å²) in [5, 5.41) is 7.38. The van der Waals surface area contributed by atoms with E-state index in [-0.39, 0.29) is 0 Å². The normalized spacial score (nSPS) is 17.8. The lowest BCUT2D eigenvalue weighted by molar-refractivity contribution is 0.0702. The van der Waals surface area contributed by atoms with E-state index in [4.69, 9.17) is 15.2 Å². The Labute approximate surface area is 207 Å². The standard InChI is InChI=1S/C15H16N2O.C8H8N2O3S.H3NS/c1-18-14-9-11(7-8-17-14)13-6-5-10-3-2-4-12(10)15(13)16;1-8(4-10-7(12)13-8)6-9-2-5(3-11)14-6;1-2/h5-9H,2-4,16H2,1H3;2-3H,4H2,1H3,(H,10,12);2H,1H2. The minimum Gasteiger partial charge on any atom is -0.481 e. The Morgan fingerprint density at radius 3 is 2.71 bits per heavy atom. The second-order valence-corrected chi connectivity index (χ2v) is 8.83. The number of aryl methyl sites for hydroxylation is 1. The predicted molar refractivity (Wildman–Crippen MR) is 135 cm³/mol. The number of carbonyl (C=O) groups excluding carboxylic acids is 2. The van der Waals surface area contributed by atoms with Crippen LogP contribution in [-0.4, -0.2) is 36.0 Å². The second kappa shape index (κ2) is 11.3. The summed E-state index contributed by atoms with van der Waals surface area (Å²) in [5.41, 5.74) is 11.3. The molecular formula is C23H27N5O4S2. The first-order valence-corrected chi connectivity index (χ1v) is 11.8. The number of hydrogen-bond acceptors (Lipinski definition) is 10. The molecule has 0 spiro atoms. The van der Waals surface area contributed by atoms with Gasteiger partial charge in [-0.3, -0.25) is 9.93 Å². The van der Waals surface area contributed by atoms with Crippen LogP contribution in [0.25, 0.3) is 11.1 Å². The Hall–Kier alpha value is -3.15. The molecule has 34 heavy (non-hydrogen) atoms. The number of methoxy groups -OCH3 is 1. The third kappa shape index (κ3) is 5.49. The molecule has 1 fully saturated rings. The van der Waals surface area contributed by atoms with Gasteiger partial charge in [0.15, 0.2) is 11.9 Å². The maximum Gasteiger partial charge on any atom is 0.408 e. The number of amides is 1. The largest absolute Gasteiger partial charge is 0.481 e. The molecule has 11 heteroatoms. The summed E-state index contributed by atoms with van der Waals surface area (Å²) in [7, 11) is 1.62. The van der Waals surface area contributed by atoms with Crippen LogP contribution in [0.15, 0.2) is 36.7 Å². The molecule has 1 saturated heterocycles. The molecule has 0 radical (unpaired) electrons.